The molecule has 0 fully saturated rings. The molecular weight excluding hydrogens is 268 g/mol. The Morgan fingerprint density at radius 2 is 1.72 bits per heavy atom. The van der Waals surface area contributed by atoms with Gasteiger partial charge in [0.2, 0.25) is 0 Å². The Balaban J connectivity index is 2.54. The van der Waals surface area contributed by atoms with Crippen LogP contribution in [0.3, 0.4) is 0 Å². The fraction of sp³-hybridized carbons (Fsp3) is 0.333. The summed E-state index contributed by atoms with van der Waals surface area (Å²) < 4.78 is 83.6. The van der Waals surface area contributed by atoms with Crippen LogP contribution in [0.4, 0.5) is 32.0 Å². The SMILES string of the molecule is Nc1ccc2c(c1)C(F)(F)O[C@](F)(C(F)(F)F)O2. The Hall–Kier alpha value is -1.64. The standard InChI is InChI=1S/C9H5F6NO2/c10-7(11)5-3-4(16)1-2-6(5)17-9(15,18-7)8(12,13)14/h1-3H,16H2/t9-/m0/s1. The van der Waals surface area contributed by atoms with Crippen LogP contribution >= 0.6 is 0 Å². The van der Waals surface area contributed by atoms with E-state index in [4.69, 9.17) is 5.73 Å². The monoisotopic (exact) mass is 273 g/mol. The highest BCUT2D eigenvalue weighted by Crippen LogP contribution is 2.51. The summed E-state index contributed by atoms with van der Waals surface area (Å²) in [5.74, 6) is -0.986. The first kappa shape index (κ1) is 12.8. The van der Waals surface area contributed by atoms with Crippen LogP contribution in [-0.4, -0.2) is 12.2 Å². The second kappa shape index (κ2) is 3.44. The molecule has 2 N–H and O–H groups in total. The minimum absolute atomic E-state index is 0.154. The van der Waals surface area contributed by atoms with Gasteiger partial charge in [0.15, 0.2) is 0 Å². The molecule has 0 unspecified atom stereocenters. The Bertz CT molecular complexity index is 488. The Kier molecular flexibility index (Phi) is 2.45. The van der Waals surface area contributed by atoms with Crippen LogP contribution in [0.2, 0.25) is 0 Å². The van der Waals surface area contributed by atoms with Gasteiger partial charge in [-0.2, -0.15) is 26.3 Å². The number of anilines is 1. The lowest BCUT2D eigenvalue weighted by molar-refractivity contribution is -0.486. The molecule has 1 aliphatic rings. The number of ether oxygens (including phenoxy) is 2. The van der Waals surface area contributed by atoms with Gasteiger partial charge in [-0.25, -0.2) is 4.74 Å². The fourth-order valence-electron chi connectivity index (χ4n) is 1.36. The zero-order chi connectivity index (χ0) is 13.8. The van der Waals surface area contributed by atoms with Crippen molar-refractivity contribution in [3.63, 3.8) is 0 Å². The molecule has 18 heavy (non-hydrogen) atoms. The maximum Gasteiger partial charge on any atom is 0.491 e. The highest BCUT2D eigenvalue weighted by Gasteiger charge is 2.68. The minimum Gasteiger partial charge on any atom is -0.428 e. The van der Waals surface area contributed by atoms with E-state index in [-0.39, 0.29) is 5.69 Å². The van der Waals surface area contributed by atoms with Crippen LogP contribution in [0.15, 0.2) is 18.2 Å². The van der Waals surface area contributed by atoms with Crippen molar-refractivity contribution in [3.05, 3.63) is 23.8 Å². The van der Waals surface area contributed by atoms with E-state index in [9.17, 15) is 26.3 Å². The molecule has 0 aliphatic carbocycles. The van der Waals surface area contributed by atoms with Gasteiger partial charge in [-0.3, -0.25) is 0 Å². The fourth-order valence-corrected chi connectivity index (χ4v) is 1.36. The molecule has 1 aromatic rings. The predicted molar refractivity (Wildman–Crippen MR) is 46.4 cm³/mol. The maximum absolute atomic E-state index is 13.3. The lowest BCUT2D eigenvalue weighted by Gasteiger charge is -2.36. The first-order valence-electron chi connectivity index (χ1n) is 4.48. The van der Waals surface area contributed by atoms with Crippen molar-refractivity contribution in [1.29, 1.82) is 0 Å². The largest absolute Gasteiger partial charge is 0.491 e. The molecule has 0 saturated carbocycles. The molecule has 1 heterocycles. The quantitative estimate of drug-likeness (QED) is 0.584. The number of halogens is 6. The van der Waals surface area contributed by atoms with E-state index >= 15 is 0 Å². The molecule has 0 aromatic heterocycles. The van der Waals surface area contributed by atoms with E-state index in [2.05, 4.69) is 9.47 Å². The third-order valence-electron chi connectivity index (χ3n) is 2.16. The summed E-state index contributed by atoms with van der Waals surface area (Å²) in [5.41, 5.74) is 3.97. The first-order chi connectivity index (χ1) is 8.05. The summed E-state index contributed by atoms with van der Waals surface area (Å²) in [7, 11) is 0. The van der Waals surface area contributed by atoms with E-state index in [1.807, 2.05) is 0 Å². The first-order valence-corrected chi connectivity index (χ1v) is 4.48. The number of hydrogen-bond donors (Lipinski definition) is 1. The number of nitrogen functional groups attached to an aromatic ring is 1. The molecule has 1 atom stereocenters. The van der Waals surface area contributed by atoms with Gasteiger partial charge in [0.1, 0.15) is 5.75 Å². The second-order valence-electron chi connectivity index (χ2n) is 3.51. The Morgan fingerprint density at radius 3 is 2.28 bits per heavy atom. The number of nitrogens with two attached hydrogens (primary N) is 1. The highest BCUT2D eigenvalue weighted by molar-refractivity contribution is 5.49. The second-order valence-corrected chi connectivity index (χ2v) is 3.51. The van der Waals surface area contributed by atoms with Crippen molar-refractivity contribution >= 4 is 5.69 Å². The number of rotatable bonds is 0. The molecular formula is C9H5F6NO2. The molecule has 0 saturated heterocycles. The predicted octanol–water partition coefficient (Wildman–Crippen LogP) is 2.91. The van der Waals surface area contributed by atoms with Crippen LogP contribution in [-0.2, 0) is 10.8 Å². The average molecular weight is 273 g/mol. The van der Waals surface area contributed by atoms with Crippen LogP contribution in [0.25, 0.3) is 0 Å². The van der Waals surface area contributed by atoms with Crippen LogP contribution in [0.5, 0.6) is 5.75 Å². The van der Waals surface area contributed by atoms with E-state index in [1.165, 1.54) is 0 Å². The molecule has 1 aliphatic heterocycles. The van der Waals surface area contributed by atoms with Crippen molar-refractivity contribution in [3.8, 4) is 5.75 Å². The zero-order valence-electron chi connectivity index (χ0n) is 8.39. The van der Waals surface area contributed by atoms with Crippen molar-refractivity contribution in [2.75, 3.05) is 5.73 Å². The summed E-state index contributed by atoms with van der Waals surface area (Å²) >= 11 is 0. The van der Waals surface area contributed by atoms with E-state index in [0.717, 1.165) is 6.07 Å². The lowest BCUT2D eigenvalue weighted by atomic mass is 10.1. The van der Waals surface area contributed by atoms with Crippen molar-refractivity contribution in [1.82, 2.24) is 0 Å². The number of fused-ring (bicyclic) bond motifs is 1. The third-order valence-corrected chi connectivity index (χ3v) is 2.16. The maximum atomic E-state index is 13.3. The van der Waals surface area contributed by atoms with Gasteiger partial charge in [0.25, 0.3) is 0 Å². The van der Waals surface area contributed by atoms with Gasteiger partial charge >= 0.3 is 18.3 Å². The number of benzene rings is 1. The van der Waals surface area contributed by atoms with Crippen molar-refractivity contribution < 1.29 is 35.8 Å². The van der Waals surface area contributed by atoms with E-state index in [0.29, 0.717) is 12.1 Å². The summed E-state index contributed by atoms with van der Waals surface area (Å²) in [6, 6.07) is -2.55. The van der Waals surface area contributed by atoms with Gasteiger partial charge in [0.05, 0.1) is 5.56 Å². The van der Waals surface area contributed by atoms with E-state index < -0.39 is 29.6 Å². The smallest absolute Gasteiger partial charge is 0.428 e. The lowest BCUT2D eigenvalue weighted by Crippen LogP contribution is -2.54. The third kappa shape index (κ3) is 1.84. The van der Waals surface area contributed by atoms with Gasteiger partial charge in [-0.1, -0.05) is 0 Å². The van der Waals surface area contributed by atoms with Gasteiger partial charge in [-0.15, -0.1) is 0 Å². The summed E-state index contributed by atoms with van der Waals surface area (Å²) in [4.78, 5) is 0. The Labute approximate surface area is 96.1 Å². The van der Waals surface area contributed by atoms with Gasteiger partial charge < -0.3 is 10.5 Å². The molecule has 0 bridgehead atoms. The molecule has 0 radical (unpaired) electrons. The summed E-state index contributed by atoms with van der Waals surface area (Å²) in [6.07, 6.45) is -10.3. The number of hydrogen-bond acceptors (Lipinski definition) is 3. The highest BCUT2D eigenvalue weighted by atomic mass is 19.4. The van der Waals surface area contributed by atoms with Crippen LogP contribution in [0.1, 0.15) is 5.56 Å². The van der Waals surface area contributed by atoms with E-state index in [1.54, 1.807) is 0 Å². The molecule has 0 spiro atoms. The molecule has 9 heteroatoms. The molecule has 2 rings (SSSR count). The zero-order valence-corrected chi connectivity index (χ0v) is 8.39. The summed E-state index contributed by atoms with van der Waals surface area (Å²) in [5, 5.41) is 0. The number of alkyl halides is 6. The molecule has 3 nitrogen and oxygen atoms in total. The minimum atomic E-state index is -5.77. The van der Waals surface area contributed by atoms with Crippen LogP contribution in [0, 0.1) is 0 Å². The molecule has 1 aromatic carbocycles. The van der Waals surface area contributed by atoms with Crippen LogP contribution < -0.4 is 10.5 Å². The Morgan fingerprint density at radius 1 is 1.11 bits per heavy atom. The molecule has 100 valence electrons. The summed E-state index contributed by atoms with van der Waals surface area (Å²) in [6.45, 7) is 0. The average Bonchev–Trinajstić information content (AvgIpc) is 2.17. The van der Waals surface area contributed by atoms with Crippen molar-refractivity contribution in [2.45, 2.75) is 18.3 Å². The topological polar surface area (TPSA) is 44.5 Å². The molecule has 0 amide bonds. The van der Waals surface area contributed by atoms with Gasteiger partial charge in [0, 0.05) is 5.69 Å². The van der Waals surface area contributed by atoms with Gasteiger partial charge in [-0.05, 0) is 18.2 Å². The van der Waals surface area contributed by atoms with Crippen molar-refractivity contribution in [2.24, 2.45) is 0 Å². The normalized spacial score (nSPS) is 26.3.